The van der Waals surface area contributed by atoms with Crippen LogP contribution in [0.1, 0.15) is 39.2 Å². The van der Waals surface area contributed by atoms with Crippen LogP contribution in [0.5, 0.6) is 0 Å². The predicted octanol–water partition coefficient (Wildman–Crippen LogP) is 2.37. The van der Waals surface area contributed by atoms with E-state index in [2.05, 4.69) is 10.2 Å². The van der Waals surface area contributed by atoms with Crippen molar-refractivity contribution in [2.45, 2.75) is 50.7 Å². The van der Waals surface area contributed by atoms with Gasteiger partial charge in [0.05, 0.1) is 22.5 Å². The Morgan fingerprint density at radius 2 is 1.93 bits per heavy atom. The highest BCUT2D eigenvalue weighted by Gasteiger charge is 2.75. The third kappa shape index (κ3) is 1.83. The van der Waals surface area contributed by atoms with Gasteiger partial charge < -0.3 is 5.32 Å². The topological polar surface area (TPSA) is 69.7 Å². The molecule has 4 aliphatic rings. The number of rotatable bonds is 0. The van der Waals surface area contributed by atoms with Gasteiger partial charge in [0.1, 0.15) is 5.54 Å². The molecule has 1 aromatic carbocycles. The molecular weight excluding hydrogens is 366 g/mol. The predicted molar refractivity (Wildman–Crippen MR) is 100 cm³/mol. The molecule has 3 fully saturated rings. The van der Waals surface area contributed by atoms with Crippen LogP contribution in [0.15, 0.2) is 18.2 Å². The smallest absolute Gasteiger partial charge is 0.250 e. The van der Waals surface area contributed by atoms with Crippen molar-refractivity contribution in [3.8, 4) is 0 Å². The highest BCUT2D eigenvalue weighted by Crippen LogP contribution is 2.61. The van der Waals surface area contributed by atoms with Gasteiger partial charge in [-0.3, -0.25) is 24.2 Å². The molecule has 4 heterocycles. The van der Waals surface area contributed by atoms with Crippen molar-refractivity contribution in [1.29, 1.82) is 0 Å². The van der Waals surface area contributed by atoms with Gasteiger partial charge in [0.25, 0.3) is 5.91 Å². The lowest BCUT2D eigenvalue weighted by Gasteiger charge is -2.38. The lowest BCUT2D eigenvalue weighted by molar-refractivity contribution is -0.150. The number of hydrogen-bond donors (Lipinski definition) is 1. The second-order valence-corrected chi connectivity index (χ2v) is 9.38. The Kier molecular flexibility index (Phi) is 3.26. The first-order valence-corrected chi connectivity index (χ1v) is 9.83. The van der Waals surface area contributed by atoms with E-state index in [4.69, 9.17) is 11.6 Å². The van der Waals surface area contributed by atoms with Crippen LogP contribution in [0, 0.1) is 11.8 Å². The van der Waals surface area contributed by atoms with E-state index in [0.717, 1.165) is 18.4 Å². The molecule has 1 N–H and O–H groups in total. The molecule has 27 heavy (non-hydrogen) atoms. The van der Waals surface area contributed by atoms with Crippen LogP contribution in [0.4, 0.5) is 5.69 Å². The quantitative estimate of drug-likeness (QED) is 0.694. The third-order valence-corrected chi connectivity index (χ3v) is 6.96. The molecule has 4 atom stereocenters. The molecule has 0 saturated carbocycles. The largest absolute Gasteiger partial charge is 0.323 e. The van der Waals surface area contributed by atoms with Crippen molar-refractivity contribution in [1.82, 2.24) is 9.80 Å². The number of nitrogens with zero attached hydrogens (tertiary/aromatic N) is 2. The molecule has 1 spiro atoms. The van der Waals surface area contributed by atoms with Crippen LogP contribution < -0.4 is 5.32 Å². The standard InChI is InChI=1S/C20H22ClN3O3/c1-19(2,3)24-16(25)13-12-8-5-9-23(12)20(14(13)17(24)26)10-6-4-7-11(21)15(10)22-18(20)27/h4,6-7,12-14H,5,8-9H2,1-3H3,(H,22,27)/t12-,13-,14+,20-/m1/s1. The van der Waals surface area contributed by atoms with E-state index in [1.807, 2.05) is 32.9 Å². The van der Waals surface area contributed by atoms with E-state index in [-0.39, 0.29) is 23.8 Å². The number of para-hydroxylation sites is 1. The van der Waals surface area contributed by atoms with Gasteiger partial charge in [-0.25, -0.2) is 0 Å². The first-order valence-electron chi connectivity index (χ1n) is 9.46. The molecule has 0 unspecified atom stereocenters. The van der Waals surface area contributed by atoms with Gasteiger partial charge in [-0.15, -0.1) is 0 Å². The van der Waals surface area contributed by atoms with E-state index >= 15 is 0 Å². The van der Waals surface area contributed by atoms with Gasteiger partial charge in [-0.2, -0.15) is 0 Å². The number of anilines is 1. The summed E-state index contributed by atoms with van der Waals surface area (Å²) < 4.78 is 0. The van der Waals surface area contributed by atoms with Crippen molar-refractivity contribution >= 4 is 35.0 Å². The van der Waals surface area contributed by atoms with Crippen LogP contribution in [0.2, 0.25) is 5.02 Å². The molecule has 1 aromatic rings. The maximum atomic E-state index is 13.5. The fourth-order valence-electron chi connectivity index (χ4n) is 5.86. The van der Waals surface area contributed by atoms with Crippen LogP contribution in [-0.2, 0) is 19.9 Å². The normalized spacial score (nSPS) is 35.0. The monoisotopic (exact) mass is 387 g/mol. The zero-order valence-electron chi connectivity index (χ0n) is 15.6. The zero-order valence-corrected chi connectivity index (χ0v) is 16.3. The molecule has 0 bridgehead atoms. The van der Waals surface area contributed by atoms with Crippen molar-refractivity contribution < 1.29 is 14.4 Å². The molecule has 0 aliphatic carbocycles. The average molecular weight is 388 g/mol. The van der Waals surface area contributed by atoms with Gasteiger partial charge in [0, 0.05) is 17.1 Å². The van der Waals surface area contributed by atoms with Crippen molar-refractivity contribution in [3.63, 3.8) is 0 Å². The zero-order chi connectivity index (χ0) is 19.3. The number of halogens is 1. The molecule has 0 aromatic heterocycles. The number of carbonyl (C=O) groups excluding carboxylic acids is 3. The molecule has 4 aliphatic heterocycles. The summed E-state index contributed by atoms with van der Waals surface area (Å²) in [7, 11) is 0. The summed E-state index contributed by atoms with van der Waals surface area (Å²) in [5, 5.41) is 3.38. The maximum Gasteiger partial charge on any atom is 0.250 e. The Balaban J connectivity index is 1.77. The second-order valence-electron chi connectivity index (χ2n) is 8.97. The van der Waals surface area contributed by atoms with E-state index in [0.29, 0.717) is 17.3 Å². The Morgan fingerprint density at radius 1 is 1.19 bits per heavy atom. The highest BCUT2D eigenvalue weighted by molar-refractivity contribution is 6.35. The summed E-state index contributed by atoms with van der Waals surface area (Å²) in [6.45, 7) is 6.29. The van der Waals surface area contributed by atoms with Crippen molar-refractivity contribution in [3.05, 3.63) is 28.8 Å². The number of carbonyl (C=O) groups is 3. The third-order valence-electron chi connectivity index (χ3n) is 6.65. The van der Waals surface area contributed by atoms with Gasteiger partial charge in [-0.05, 0) is 46.2 Å². The summed E-state index contributed by atoms with van der Waals surface area (Å²) in [6, 6.07) is 5.32. The fourth-order valence-corrected chi connectivity index (χ4v) is 6.08. The van der Waals surface area contributed by atoms with E-state index in [1.54, 1.807) is 6.07 Å². The minimum atomic E-state index is -1.14. The lowest BCUT2D eigenvalue weighted by Crippen LogP contribution is -2.56. The number of imide groups is 1. The summed E-state index contributed by atoms with van der Waals surface area (Å²) in [5.74, 6) is -1.80. The number of hydrogen-bond acceptors (Lipinski definition) is 4. The van der Waals surface area contributed by atoms with Crippen LogP contribution >= 0.6 is 11.6 Å². The van der Waals surface area contributed by atoms with Gasteiger partial charge in [-0.1, -0.05) is 23.7 Å². The molecule has 3 saturated heterocycles. The molecule has 142 valence electrons. The molecular formula is C20H22ClN3O3. The summed E-state index contributed by atoms with van der Waals surface area (Å²) in [6.07, 6.45) is 1.74. The maximum absolute atomic E-state index is 13.5. The first-order chi connectivity index (χ1) is 12.7. The Bertz CT molecular complexity index is 908. The number of benzene rings is 1. The van der Waals surface area contributed by atoms with Crippen LogP contribution in [0.25, 0.3) is 0 Å². The molecule has 6 nitrogen and oxygen atoms in total. The van der Waals surface area contributed by atoms with Gasteiger partial charge in [0.2, 0.25) is 11.8 Å². The molecule has 7 heteroatoms. The summed E-state index contributed by atoms with van der Waals surface area (Å²) in [4.78, 5) is 43.8. The van der Waals surface area contributed by atoms with E-state index < -0.39 is 22.9 Å². The summed E-state index contributed by atoms with van der Waals surface area (Å²) >= 11 is 6.35. The van der Waals surface area contributed by atoms with Gasteiger partial charge in [0.15, 0.2) is 0 Å². The van der Waals surface area contributed by atoms with E-state index in [9.17, 15) is 14.4 Å². The minimum absolute atomic E-state index is 0.0884. The fraction of sp³-hybridized carbons (Fsp3) is 0.550. The van der Waals surface area contributed by atoms with Crippen molar-refractivity contribution in [2.75, 3.05) is 11.9 Å². The number of fused-ring (bicyclic) bond motifs is 7. The van der Waals surface area contributed by atoms with Crippen molar-refractivity contribution in [2.24, 2.45) is 11.8 Å². The average Bonchev–Trinajstić information content (AvgIpc) is 3.26. The number of amides is 3. The second kappa shape index (κ2) is 5.11. The summed E-state index contributed by atoms with van der Waals surface area (Å²) in [5.41, 5.74) is -0.449. The minimum Gasteiger partial charge on any atom is -0.323 e. The highest BCUT2D eigenvalue weighted by atomic mass is 35.5. The van der Waals surface area contributed by atoms with Gasteiger partial charge >= 0.3 is 0 Å². The number of likely N-dealkylation sites (tertiary alicyclic amines) is 1. The van der Waals surface area contributed by atoms with E-state index in [1.165, 1.54) is 4.90 Å². The van der Waals surface area contributed by atoms with Crippen LogP contribution in [-0.4, -0.2) is 45.6 Å². The van der Waals surface area contributed by atoms with Crippen LogP contribution in [0.3, 0.4) is 0 Å². The first kappa shape index (κ1) is 17.2. The number of nitrogens with one attached hydrogen (secondary N) is 1. The Labute approximate surface area is 162 Å². The molecule has 3 amide bonds. The molecule has 0 radical (unpaired) electrons. The lowest BCUT2D eigenvalue weighted by atomic mass is 9.75. The molecule has 5 rings (SSSR count). The Hall–Kier alpha value is -1.92. The SMILES string of the molecule is CC(C)(C)N1C(=O)[C@@H]2[C@H]3CCCN3[C@@]3(C(=O)Nc4c(Cl)cccc43)[C@@H]2C1=O. The Morgan fingerprint density at radius 3 is 2.63 bits per heavy atom.